The van der Waals surface area contributed by atoms with Crippen LogP contribution >= 0.6 is 17.7 Å². The van der Waals surface area contributed by atoms with Gasteiger partial charge in [-0.1, -0.05) is 46.0 Å². The van der Waals surface area contributed by atoms with E-state index >= 15 is 0 Å². The van der Waals surface area contributed by atoms with Crippen LogP contribution in [0.3, 0.4) is 0 Å². The summed E-state index contributed by atoms with van der Waals surface area (Å²) in [5, 5.41) is 0. The molecule has 74 valence electrons. The van der Waals surface area contributed by atoms with Gasteiger partial charge < -0.3 is 4.57 Å². The Kier molecular flexibility index (Phi) is 5.60. The second-order valence-corrected chi connectivity index (χ2v) is 10.2. The van der Waals surface area contributed by atoms with Crippen molar-refractivity contribution in [2.45, 2.75) is 52.4 Å². The highest BCUT2D eigenvalue weighted by Gasteiger charge is 2.30. The van der Waals surface area contributed by atoms with Crippen molar-refractivity contribution in [2.75, 3.05) is 5.75 Å². The highest BCUT2D eigenvalue weighted by molar-refractivity contribution is 8.58. The summed E-state index contributed by atoms with van der Waals surface area (Å²) in [6.45, 7) is 10.4. The summed E-state index contributed by atoms with van der Waals surface area (Å²) in [7, 11) is 0. The zero-order valence-corrected chi connectivity index (χ0v) is 10.5. The summed E-state index contributed by atoms with van der Waals surface area (Å²) in [5.74, 6) is 1.04. The minimum absolute atomic E-state index is 0.328. The van der Waals surface area contributed by atoms with E-state index in [1.54, 1.807) is 11.4 Å². The van der Waals surface area contributed by atoms with Crippen molar-refractivity contribution in [1.29, 1.82) is 0 Å². The maximum absolute atomic E-state index is 12.3. The topological polar surface area (TPSA) is 17.1 Å². The highest BCUT2D eigenvalue weighted by atomic mass is 32.7. The first-order valence-corrected chi connectivity index (χ1v) is 8.12. The standard InChI is InChI=1S/C9H21OPS/c1-6-7-12-11(10,8(2)3)9(4)5/h8-9H,6-7H2,1-5H3. The first kappa shape index (κ1) is 12.6. The number of rotatable bonds is 5. The number of hydrogen-bond donors (Lipinski definition) is 0. The fourth-order valence-corrected chi connectivity index (χ4v) is 6.58. The van der Waals surface area contributed by atoms with Crippen LogP contribution in [0.1, 0.15) is 41.0 Å². The van der Waals surface area contributed by atoms with E-state index in [2.05, 4.69) is 34.6 Å². The third kappa shape index (κ3) is 3.14. The van der Waals surface area contributed by atoms with Crippen LogP contribution in [-0.2, 0) is 4.57 Å². The molecule has 0 amide bonds. The second-order valence-electron chi connectivity index (χ2n) is 3.67. The van der Waals surface area contributed by atoms with Gasteiger partial charge in [0.1, 0.15) is 6.34 Å². The molecule has 0 aliphatic rings. The lowest BCUT2D eigenvalue weighted by Gasteiger charge is -2.24. The molecule has 0 spiro atoms. The molecule has 0 radical (unpaired) electrons. The van der Waals surface area contributed by atoms with Gasteiger partial charge in [-0.25, -0.2) is 0 Å². The number of hydrogen-bond acceptors (Lipinski definition) is 2. The second kappa shape index (κ2) is 5.34. The lowest BCUT2D eigenvalue weighted by atomic mass is 10.5. The van der Waals surface area contributed by atoms with Crippen LogP contribution in [0.4, 0.5) is 0 Å². The van der Waals surface area contributed by atoms with Gasteiger partial charge in [-0.2, -0.15) is 0 Å². The van der Waals surface area contributed by atoms with Crippen LogP contribution in [0, 0.1) is 0 Å². The van der Waals surface area contributed by atoms with Crippen molar-refractivity contribution in [3.05, 3.63) is 0 Å². The quantitative estimate of drug-likeness (QED) is 0.629. The Balaban J connectivity index is 4.31. The summed E-state index contributed by atoms with van der Waals surface area (Å²) in [6.07, 6.45) is -0.844. The molecule has 0 heterocycles. The van der Waals surface area contributed by atoms with Crippen LogP contribution in [0.2, 0.25) is 0 Å². The Morgan fingerprint density at radius 1 is 1.17 bits per heavy atom. The molecule has 0 bridgehead atoms. The molecular weight excluding hydrogens is 187 g/mol. The molecular formula is C9H21OPS. The molecule has 0 aromatic heterocycles. The fourth-order valence-electron chi connectivity index (χ4n) is 1.13. The molecule has 0 unspecified atom stereocenters. The summed E-state index contributed by atoms with van der Waals surface area (Å²) < 4.78 is 12.3. The third-order valence-electron chi connectivity index (χ3n) is 1.94. The van der Waals surface area contributed by atoms with Gasteiger partial charge in [-0.05, 0) is 6.42 Å². The largest absolute Gasteiger partial charge is 0.312 e. The van der Waals surface area contributed by atoms with Gasteiger partial charge in [-0.3, -0.25) is 0 Å². The smallest absolute Gasteiger partial charge is 0.144 e. The van der Waals surface area contributed by atoms with E-state index in [0.29, 0.717) is 11.3 Å². The molecule has 0 fully saturated rings. The molecule has 0 aliphatic carbocycles. The Bertz CT molecular complexity index is 154. The van der Waals surface area contributed by atoms with Crippen molar-refractivity contribution in [3.8, 4) is 0 Å². The van der Waals surface area contributed by atoms with Crippen molar-refractivity contribution in [3.63, 3.8) is 0 Å². The summed E-state index contributed by atoms with van der Waals surface area (Å²) >= 11 is 1.70. The normalized spacial score (nSPS) is 12.9. The Morgan fingerprint density at radius 3 is 1.83 bits per heavy atom. The highest BCUT2D eigenvalue weighted by Crippen LogP contribution is 2.65. The van der Waals surface area contributed by atoms with E-state index in [9.17, 15) is 4.57 Å². The van der Waals surface area contributed by atoms with Crippen molar-refractivity contribution in [1.82, 2.24) is 0 Å². The van der Waals surface area contributed by atoms with Crippen molar-refractivity contribution in [2.24, 2.45) is 0 Å². The van der Waals surface area contributed by atoms with Gasteiger partial charge in [0.15, 0.2) is 0 Å². The molecule has 12 heavy (non-hydrogen) atoms. The first-order valence-electron chi connectivity index (χ1n) is 4.69. The van der Waals surface area contributed by atoms with E-state index in [1.807, 2.05) is 0 Å². The van der Waals surface area contributed by atoms with E-state index in [1.165, 1.54) is 0 Å². The van der Waals surface area contributed by atoms with Gasteiger partial charge in [0, 0.05) is 17.1 Å². The molecule has 0 saturated carbocycles. The van der Waals surface area contributed by atoms with Gasteiger partial charge in [0.25, 0.3) is 0 Å². The molecule has 3 heteroatoms. The van der Waals surface area contributed by atoms with Gasteiger partial charge in [0.05, 0.1) is 0 Å². The van der Waals surface area contributed by atoms with Gasteiger partial charge >= 0.3 is 0 Å². The molecule has 0 aliphatic heterocycles. The summed E-state index contributed by atoms with van der Waals surface area (Å²) in [6, 6.07) is 0. The van der Waals surface area contributed by atoms with Crippen LogP contribution in [0.5, 0.6) is 0 Å². The van der Waals surface area contributed by atoms with Crippen LogP contribution < -0.4 is 0 Å². The molecule has 0 saturated heterocycles. The van der Waals surface area contributed by atoms with Gasteiger partial charge in [-0.15, -0.1) is 0 Å². The summed E-state index contributed by atoms with van der Waals surface area (Å²) in [4.78, 5) is 0. The van der Waals surface area contributed by atoms with E-state index in [-0.39, 0.29) is 0 Å². The Hall–Kier alpha value is 0.580. The minimum atomic E-state index is -1.96. The predicted octanol–water partition coefficient (Wildman–Crippen LogP) is 4.22. The average Bonchev–Trinajstić information content (AvgIpc) is 1.99. The van der Waals surface area contributed by atoms with Crippen LogP contribution in [0.15, 0.2) is 0 Å². The SMILES string of the molecule is CCCSP(=O)(C(C)C)C(C)C. The van der Waals surface area contributed by atoms with Crippen LogP contribution in [-0.4, -0.2) is 17.1 Å². The van der Waals surface area contributed by atoms with Crippen molar-refractivity contribution >= 4 is 17.7 Å². The molecule has 0 rings (SSSR count). The monoisotopic (exact) mass is 208 g/mol. The zero-order chi connectivity index (χ0) is 9.78. The third-order valence-corrected chi connectivity index (χ3v) is 10.1. The van der Waals surface area contributed by atoms with Crippen molar-refractivity contribution < 1.29 is 4.57 Å². The molecule has 0 aromatic rings. The maximum atomic E-state index is 12.3. The van der Waals surface area contributed by atoms with E-state index in [4.69, 9.17) is 0 Å². The Morgan fingerprint density at radius 2 is 1.58 bits per heavy atom. The summed E-state index contributed by atoms with van der Waals surface area (Å²) in [5.41, 5.74) is 0.656. The lowest BCUT2D eigenvalue weighted by molar-refractivity contribution is 0.573. The molecule has 0 atom stereocenters. The molecule has 0 aromatic carbocycles. The Labute approximate surface area is 80.8 Å². The maximum Gasteiger partial charge on any atom is 0.144 e. The lowest BCUT2D eigenvalue weighted by Crippen LogP contribution is -2.05. The first-order chi connectivity index (χ1) is 5.45. The average molecular weight is 208 g/mol. The van der Waals surface area contributed by atoms with E-state index in [0.717, 1.165) is 12.2 Å². The van der Waals surface area contributed by atoms with Crippen LogP contribution in [0.25, 0.3) is 0 Å². The van der Waals surface area contributed by atoms with Gasteiger partial charge in [0.2, 0.25) is 0 Å². The molecule has 1 nitrogen and oxygen atoms in total. The predicted molar refractivity (Wildman–Crippen MR) is 60.6 cm³/mol. The minimum Gasteiger partial charge on any atom is -0.312 e. The fraction of sp³-hybridized carbons (Fsp3) is 1.00. The van der Waals surface area contributed by atoms with E-state index < -0.39 is 6.34 Å². The zero-order valence-electron chi connectivity index (χ0n) is 8.83. The molecule has 0 N–H and O–H groups in total.